The second-order valence-corrected chi connectivity index (χ2v) is 8.89. The van der Waals surface area contributed by atoms with Gasteiger partial charge in [0.1, 0.15) is 0 Å². The van der Waals surface area contributed by atoms with E-state index >= 15 is 0 Å². The monoisotopic (exact) mass is 310 g/mol. The smallest absolute Gasteiger partial charge is 0.155 e. The molecule has 1 heteroatoms. The van der Waals surface area contributed by atoms with Crippen LogP contribution in [-0.2, 0) is 4.79 Å². The molecule has 0 N–H and O–H groups in total. The van der Waals surface area contributed by atoms with Gasteiger partial charge in [-0.3, -0.25) is 4.79 Å². The fourth-order valence-electron chi connectivity index (χ4n) is 6.82. The SMILES string of the molecule is C=C/C=C1/CC[C@@H]2[C@H]3CCC4=CC(=O)CC[C@@]4(C)[C@@H]3CC[C@]12C. The van der Waals surface area contributed by atoms with Gasteiger partial charge in [0.05, 0.1) is 0 Å². The minimum absolute atomic E-state index is 0.309. The predicted molar refractivity (Wildman–Crippen MR) is 95.0 cm³/mol. The molecule has 0 unspecified atom stereocenters. The molecule has 0 heterocycles. The molecule has 0 bridgehead atoms. The van der Waals surface area contributed by atoms with E-state index in [1.54, 1.807) is 5.57 Å². The molecule has 0 aromatic carbocycles. The first-order valence-electron chi connectivity index (χ1n) is 9.55. The Morgan fingerprint density at radius 3 is 2.61 bits per heavy atom. The lowest BCUT2D eigenvalue weighted by Crippen LogP contribution is -2.49. The van der Waals surface area contributed by atoms with Gasteiger partial charge in [-0.25, -0.2) is 0 Å². The van der Waals surface area contributed by atoms with Crippen molar-refractivity contribution >= 4 is 5.78 Å². The molecule has 4 rings (SSSR count). The zero-order valence-corrected chi connectivity index (χ0v) is 14.7. The van der Waals surface area contributed by atoms with Crippen LogP contribution >= 0.6 is 0 Å². The first kappa shape index (κ1) is 15.4. The predicted octanol–water partition coefficient (Wildman–Crippen LogP) is 5.63. The summed E-state index contributed by atoms with van der Waals surface area (Å²) in [4.78, 5) is 11.9. The van der Waals surface area contributed by atoms with Crippen LogP contribution in [0.2, 0.25) is 0 Å². The van der Waals surface area contributed by atoms with Gasteiger partial charge in [-0.1, -0.05) is 43.7 Å². The van der Waals surface area contributed by atoms with Gasteiger partial charge in [-0.05, 0) is 79.6 Å². The molecule has 23 heavy (non-hydrogen) atoms. The van der Waals surface area contributed by atoms with E-state index in [4.69, 9.17) is 0 Å². The van der Waals surface area contributed by atoms with Crippen molar-refractivity contribution < 1.29 is 4.79 Å². The van der Waals surface area contributed by atoms with Gasteiger partial charge in [-0.2, -0.15) is 0 Å². The van der Waals surface area contributed by atoms with Crippen molar-refractivity contribution in [1.82, 2.24) is 0 Å². The summed E-state index contributed by atoms with van der Waals surface area (Å²) in [6, 6.07) is 0. The summed E-state index contributed by atoms with van der Waals surface area (Å²) in [6.07, 6.45) is 16.0. The van der Waals surface area contributed by atoms with E-state index < -0.39 is 0 Å². The van der Waals surface area contributed by atoms with Gasteiger partial charge in [-0.15, -0.1) is 0 Å². The van der Waals surface area contributed by atoms with Gasteiger partial charge in [0.25, 0.3) is 0 Å². The third kappa shape index (κ3) is 2.08. The van der Waals surface area contributed by atoms with Crippen molar-refractivity contribution in [3.63, 3.8) is 0 Å². The van der Waals surface area contributed by atoms with Crippen LogP contribution in [0.1, 0.15) is 65.2 Å². The molecule has 3 saturated carbocycles. The van der Waals surface area contributed by atoms with Gasteiger partial charge in [0.2, 0.25) is 0 Å². The lowest BCUT2D eigenvalue weighted by Gasteiger charge is -2.57. The highest BCUT2D eigenvalue weighted by molar-refractivity contribution is 5.91. The van der Waals surface area contributed by atoms with Crippen LogP contribution in [0.15, 0.2) is 36.0 Å². The molecule has 3 fully saturated rings. The molecule has 1 nitrogen and oxygen atoms in total. The van der Waals surface area contributed by atoms with Gasteiger partial charge in [0, 0.05) is 6.42 Å². The zero-order chi connectivity index (χ0) is 16.2. The van der Waals surface area contributed by atoms with Gasteiger partial charge < -0.3 is 0 Å². The summed E-state index contributed by atoms with van der Waals surface area (Å²) in [5.41, 5.74) is 3.86. The molecular formula is C22H30O. The topological polar surface area (TPSA) is 17.1 Å². The van der Waals surface area contributed by atoms with Gasteiger partial charge in [0.15, 0.2) is 5.78 Å². The highest BCUT2D eigenvalue weighted by Gasteiger charge is 2.57. The second kappa shape index (κ2) is 5.19. The standard InChI is InChI=1S/C22H30O/c1-4-5-15-7-9-19-18-8-6-16-14-17(23)10-12-22(16,3)20(18)11-13-21(15,19)2/h4-5,14,18-20H,1,6-13H2,2-3H3/b15-5-/t18-,19-,20-,21-,22-/m1/s1. The number of carbonyl (C=O) groups excluding carboxylic acids is 1. The third-order valence-corrected chi connectivity index (χ3v) is 8.13. The molecule has 4 aliphatic carbocycles. The average Bonchev–Trinajstić information content (AvgIpc) is 2.85. The van der Waals surface area contributed by atoms with Crippen molar-refractivity contribution in [2.45, 2.75) is 65.2 Å². The van der Waals surface area contributed by atoms with E-state index in [0.29, 0.717) is 16.6 Å². The first-order valence-corrected chi connectivity index (χ1v) is 9.55. The molecule has 124 valence electrons. The summed E-state index contributed by atoms with van der Waals surface area (Å²) in [5.74, 6) is 2.88. The average molecular weight is 310 g/mol. The molecule has 0 spiro atoms. The fraction of sp³-hybridized carbons (Fsp3) is 0.682. The zero-order valence-electron chi connectivity index (χ0n) is 14.7. The van der Waals surface area contributed by atoms with E-state index in [1.165, 1.54) is 37.7 Å². The molecule has 0 saturated heterocycles. The lowest BCUT2D eigenvalue weighted by molar-refractivity contribution is -0.117. The Bertz CT molecular complexity index is 609. The van der Waals surface area contributed by atoms with Crippen LogP contribution in [0.3, 0.4) is 0 Å². The van der Waals surface area contributed by atoms with Crippen molar-refractivity contribution in [1.29, 1.82) is 0 Å². The number of fused-ring (bicyclic) bond motifs is 5. The van der Waals surface area contributed by atoms with E-state index in [1.807, 2.05) is 12.2 Å². The van der Waals surface area contributed by atoms with Crippen LogP contribution < -0.4 is 0 Å². The number of hydrogen-bond donors (Lipinski definition) is 0. The van der Waals surface area contributed by atoms with E-state index in [2.05, 4.69) is 26.5 Å². The van der Waals surface area contributed by atoms with Gasteiger partial charge >= 0.3 is 0 Å². The minimum atomic E-state index is 0.309. The summed E-state index contributed by atoms with van der Waals surface area (Å²) >= 11 is 0. The number of ketones is 1. The highest BCUT2D eigenvalue weighted by atomic mass is 16.1. The molecule has 0 aromatic heterocycles. The number of hydrogen-bond acceptors (Lipinski definition) is 1. The van der Waals surface area contributed by atoms with Crippen LogP contribution in [-0.4, -0.2) is 5.78 Å². The van der Waals surface area contributed by atoms with Crippen LogP contribution in [0.25, 0.3) is 0 Å². The summed E-state index contributed by atoms with van der Waals surface area (Å²) in [6.45, 7) is 8.93. The molecule has 0 aliphatic heterocycles. The quantitative estimate of drug-likeness (QED) is 0.613. The number of rotatable bonds is 1. The Hall–Kier alpha value is -1.11. The Balaban J connectivity index is 1.68. The van der Waals surface area contributed by atoms with Crippen molar-refractivity contribution in [3.8, 4) is 0 Å². The normalized spacial score (nSPS) is 47.6. The Kier molecular flexibility index (Phi) is 3.48. The Morgan fingerprint density at radius 2 is 1.83 bits per heavy atom. The van der Waals surface area contributed by atoms with Crippen LogP contribution in [0.4, 0.5) is 0 Å². The molecule has 0 aromatic rings. The summed E-state index contributed by atoms with van der Waals surface area (Å²) in [5, 5.41) is 0. The van der Waals surface area contributed by atoms with Crippen molar-refractivity contribution in [3.05, 3.63) is 36.0 Å². The van der Waals surface area contributed by atoms with Crippen molar-refractivity contribution in [2.24, 2.45) is 28.6 Å². The van der Waals surface area contributed by atoms with Crippen LogP contribution in [0, 0.1) is 28.6 Å². The molecule has 0 amide bonds. The third-order valence-electron chi connectivity index (χ3n) is 8.13. The maximum absolute atomic E-state index is 11.9. The first-order chi connectivity index (χ1) is 11.0. The number of allylic oxidation sites excluding steroid dienone is 4. The Labute approximate surface area is 140 Å². The molecule has 5 atom stereocenters. The summed E-state index contributed by atoms with van der Waals surface area (Å²) < 4.78 is 0. The molecule has 4 aliphatic rings. The second-order valence-electron chi connectivity index (χ2n) is 8.89. The number of carbonyl (C=O) groups is 1. The fourth-order valence-corrected chi connectivity index (χ4v) is 6.82. The lowest BCUT2D eigenvalue weighted by atomic mass is 9.47. The molecular weight excluding hydrogens is 280 g/mol. The van der Waals surface area contributed by atoms with E-state index in [0.717, 1.165) is 37.0 Å². The van der Waals surface area contributed by atoms with Crippen molar-refractivity contribution in [2.75, 3.05) is 0 Å². The largest absolute Gasteiger partial charge is 0.295 e. The maximum atomic E-state index is 11.9. The highest BCUT2D eigenvalue weighted by Crippen LogP contribution is 2.66. The molecule has 0 radical (unpaired) electrons. The summed E-state index contributed by atoms with van der Waals surface area (Å²) in [7, 11) is 0. The minimum Gasteiger partial charge on any atom is -0.295 e. The Morgan fingerprint density at radius 1 is 1.04 bits per heavy atom. The van der Waals surface area contributed by atoms with Crippen LogP contribution in [0.5, 0.6) is 0 Å². The van der Waals surface area contributed by atoms with E-state index in [-0.39, 0.29) is 0 Å². The maximum Gasteiger partial charge on any atom is 0.155 e. The van der Waals surface area contributed by atoms with E-state index in [9.17, 15) is 4.79 Å².